The van der Waals surface area contributed by atoms with E-state index in [-0.39, 0.29) is 0 Å². The molecule has 0 unspecified atom stereocenters. The van der Waals surface area contributed by atoms with Crippen LogP contribution in [0.15, 0.2) is 46.3 Å². The highest BCUT2D eigenvalue weighted by atomic mass is 79.9. The van der Waals surface area contributed by atoms with Gasteiger partial charge in [0.2, 0.25) is 0 Å². The summed E-state index contributed by atoms with van der Waals surface area (Å²) in [6.45, 7) is 1.59. The average Bonchev–Trinajstić information content (AvgIpc) is 2.81. The van der Waals surface area contributed by atoms with Crippen LogP contribution in [0.3, 0.4) is 0 Å². The summed E-state index contributed by atoms with van der Waals surface area (Å²) in [6.07, 6.45) is 0.540. The first-order valence-electron chi connectivity index (χ1n) is 5.70. The maximum absolute atomic E-state index is 8.76. The van der Waals surface area contributed by atoms with Gasteiger partial charge in [-0.25, -0.2) is 0 Å². The Hall–Kier alpha value is -1.31. The second-order valence-corrected chi connectivity index (χ2v) is 5.71. The number of nitrogens with zero attached hydrogens (tertiary/aromatic N) is 2. The van der Waals surface area contributed by atoms with Gasteiger partial charge in [-0.05, 0) is 39.5 Å². The number of rotatable bonds is 5. The third-order valence-electron chi connectivity index (χ3n) is 2.64. The predicted molar refractivity (Wildman–Crippen MR) is 79.7 cm³/mol. The number of nitriles is 1. The minimum atomic E-state index is 0.540. The van der Waals surface area contributed by atoms with Crippen LogP contribution in [0.5, 0.6) is 0 Å². The van der Waals surface area contributed by atoms with Gasteiger partial charge in [0, 0.05) is 21.6 Å². The molecule has 1 heterocycles. The number of hydrogen-bond acceptors (Lipinski definition) is 3. The highest BCUT2D eigenvalue weighted by Gasteiger charge is 2.09. The largest absolute Gasteiger partial charge is 0.365 e. The van der Waals surface area contributed by atoms with E-state index in [1.54, 1.807) is 11.3 Å². The molecule has 0 spiro atoms. The first-order valence-corrected chi connectivity index (χ1v) is 7.37. The topological polar surface area (TPSA) is 27.0 Å². The Morgan fingerprint density at radius 3 is 2.61 bits per heavy atom. The molecule has 92 valence electrons. The highest BCUT2D eigenvalue weighted by Crippen LogP contribution is 2.26. The Kier molecular flexibility index (Phi) is 4.80. The average molecular weight is 321 g/mol. The molecule has 1 aromatic carbocycles. The Morgan fingerprint density at radius 2 is 2.00 bits per heavy atom. The van der Waals surface area contributed by atoms with Gasteiger partial charge >= 0.3 is 0 Å². The zero-order valence-electron chi connectivity index (χ0n) is 9.84. The van der Waals surface area contributed by atoms with Gasteiger partial charge in [-0.1, -0.05) is 18.2 Å². The van der Waals surface area contributed by atoms with Crippen molar-refractivity contribution in [3.63, 3.8) is 0 Å². The van der Waals surface area contributed by atoms with Crippen molar-refractivity contribution in [2.75, 3.05) is 11.4 Å². The molecule has 0 fully saturated rings. The standard InChI is InChI=1S/C14H13BrN2S/c15-13-7-10-18-14(13)11-17(9-4-8-16)12-5-2-1-3-6-12/h1-3,5-7,10H,4,9,11H2. The van der Waals surface area contributed by atoms with Crippen LogP contribution < -0.4 is 4.90 Å². The van der Waals surface area contributed by atoms with Crippen molar-refractivity contribution < 1.29 is 0 Å². The monoisotopic (exact) mass is 320 g/mol. The molecular formula is C14H13BrN2S. The van der Waals surface area contributed by atoms with Crippen molar-refractivity contribution in [3.05, 3.63) is 51.1 Å². The second-order valence-electron chi connectivity index (χ2n) is 3.86. The van der Waals surface area contributed by atoms with Crippen LogP contribution in [-0.2, 0) is 6.54 Å². The lowest BCUT2D eigenvalue weighted by molar-refractivity contribution is 0.805. The van der Waals surface area contributed by atoms with Crippen molar-refractivity contribution in [1.82, 2.24) is 0 Å². The van der Waals surface area contributed by atoms with Crippen LogP contribution in [0.25, 0.3) is 0 Å². The Labute approximate surface area is 120 Å². The summed E-state index contributed by atoms with van der Waals surface area (Å²) < 4.78 is 1.14. The molecule has 0 bridgehead atoms. The fourth-order valence-electron chi connectivity index (χ4n) is 1.73. The lowest BCUT2D eigenvalue weighted by Crippen LogP contribution is -2.23. The fraction of sp³-hybridized carbons (Fsp3) is 0.214. The number of para-hydroxylation sites is 1. The quantitative estimate of drug-likeness (QED) is 0.814. The van der Waals surface area contributed by atoms with Gasteiger partial charge in [0.15, 0.2) is 0 Å². The number of halogens is 1. The summed E-state index contributed by atoms with van der Waals surface area (Å²) in [6, 6.07) is 14.5. The molecule has 0 N–H and O–H groups in total. The maximum Gasteiger partial charge on any atom is 0.0640 e. The van der Waals surface area contributed by atoms with Crippen molar-refractivity contribution in [1.29, 1.82) is 5.26 Å². The van der Waals surface area contributed by atoms with Gasteiger partial charge in [-0.2, -0.15) is 5.26 Å². The van der Waals surface area contributed by atoms with Crippen molar-refractivity contribution in [2.24, 2.45) is 0 Å². The van der Waals surface area contributed by atoms with E-state index in [1.807, 2.05) is 18.2 Å². The number of thiophene rings is 1. The number of anilines is 1. The molecular weight excluding hydrogens is 308 g/mol. The molecule has 4 heteroatoms. The van der Waals surface area contributed by atoms with Crippen LogP contribution >= 0.6 is 27.3 Å². The van der Waals surface area contributed by atoms with Gasteiger partial charge < -0.3 is 4.90 Å². The van der Waals surface area contributed by atoms with Gasteiger partial charge in [0.05, 0.1) is 19.0 Å². The first kappa shape index (κ1) is 13.1. The molecule has 0 saturated carbocycles. The first-order chi connectivity index (χ1) is 8.81. The van der Waals surface area contributed by atoms with E-state index in [2.05, 4.69) is 50.5 Å². The molecule has 2 aromatic rings. The molecule has 0 radical (unpaired) electrons. The van der Waals surface area contributed by atoms with E-state index < -0.39 is 0 Å². The summed E-state index contributed by atoms with van der Waals surface area (Å²) in [7, 11) is 0. The van der Waals surface area contributed by atoms with Crippen LogP contribution in [0, 0.1) is 11.3 Å². The molecule has 0 aliphatic carbocycles. The van der Waals surface area contributed by atoms with Crippen LogP contribution in [0.1, 0.15) is 11.3 Å². The second kappa shape index (κ2) is 6.58. The van der Waals surface area contributed by atoms with Crippen LogP contribution in [0.2, 0.25) is 0 Å². The fourth-order valence-corrected chi connectivity index (χ4v) is 3.23. The summed E-state index contributed by atoms with van der Waals surface area (Å²) in [4.78, 5) is 3.52. The minimum absolute atomic E-state index is 0.540. The van der Waals surface area contributed by atoms with Crippen molar-refractivity contribution >= 4 is 33.0 Å². The number of benzene rings is 1. The minimum Gasteiger partial charge on any atom is -0.365 e. The third kappa shape index (κ3) is 3.34. The van der Waals surface area contributed by atoms with Gasteiger partial charge in [0.1, 0.15) is 0 Å². The lowest BCUT2D eigenvalue weighted by atomic mass is 10.2. The molecule has 0 amide bonds. The van der Waals surface area contributed by atoms with E-state index in [4.69, 9.17) is 5.26 Å². The molecule has 0 aliphatic rings. The Balaban J connectivity index is 2.16. The predicted octanol–water partition coefficient (Wildman–Crippen LogP) is 4.43. The van der Waals surface area contributed by atoms with E-state index >= 15 is 0 Å². The molecule has 18 heavy (non-hydrogen) atoms. The van der Waals surface area contributed by atoms with Gasteiger partial charge in [-0.3, -0.25) is 0 Å². The highest BCUT2D eigenvalue weighted by molar-refractivity contribution is 9.10. The van der Waals surface area contributed by atoms with Crippen molar-refractivity contribution in [2.45, 2.75) is 13.0 Å². The van der Waals surface area contributed by atoms with Gasteiger partial charge in [-0.15, -0.1) is 11.3 Å². The zero-order valence-corrected chi connectivity index (χ0v) is 12.2. The van der Waals surface area contributed by atoms with Gasteiger partial charge in [0.25, 0.3) is 0 Å². The van der Waals surface area contributed by atoms with E-state index in [0.717, 1.165) is 23.2 Å². The summed E-state index contributed by atoms with van der Waals surface area (Å²) in [5.41, 5.74) is 1.16. The third-order valence-corrected chi connectivity index (χ3v) is 4.55. The van der Waals surface area contributed by atoms with Crippen LogP contribution in [0.4, 0.5) is 5.69 Å². The molecule has 0 aliphatic heterocycles. The van der Waals surface area contributed by atoms with E-state index in [0.29, 0.717) is 6.42 Å². The summed E-state index contributed by atoms with van der Waals surface area (Å²) in [5, 5.41) is 10.8. The van der Waals surface area contributed by atoms with E-state index in [9.17, 15) is 0 Å². The summed E-state index contributed by atoms with van der Waals surface area (Å²) in [5.74, 6) is 0. The lowest BCUT2D eigenvalue weighted by Gasteiger charge is -2.23. The molecule has 2 rings (SSSR count). The molecule has 2 nitrogen and oxygen atoms in total. The smallest absolute Gasteiger partial charge is 0.0640 e. The van der Waals surface area contributed by atoms with Crippen LogP contribution in [-0.4, -0.2) is 6.54 Å². The zero-order chi connectivity index (χ0) is 12.8. The Morgan fingerprint density at radius 1 is 1.22 bits per heavy atom. The number of hydrogen-bond donors (Lipinski definition) is 0. The van der Waals surface area contributed by atoms with Crippen molar-refractivity contribution in [3.8, 4) is 6.07 Å². The molecule has 1 aromatic heterocycles. The normalized spacial score (nSPS) is 10.0. The maximum atomic E-state index is 8.76. The molecule has 0 saturated heterocycles. The van der Waals surface area contributed by atoms with E-state index in [1.165, 1.54) is 4.88 Å². The molecule has 0 atom stereocenters. The summed E-state index contributed by atoms with van der Waals surface area (Å²) >= 11 is 5.29. The SMILES string of the molecule is N#CCCN(Cc1sccc1Br)c1ccccc1. The Bertz CT molecular complexity index is 530.